The summed E-state index contributed by atoms with van der Waals surface area (Å²) in [6.07, 6.45) is 3.38. The van der Waals surface area contributed by atoms with E-state index in [1.54, 1.807) is 11.3 Å². The van der Waals surface area contributed by atoms with E-state index in [4.69, 9.17) is 4.74 Å². The third-order valence-electron chi connectivity index (χ3n) is 4.43. The minimum Gasteiger partial charge on any atom is -0.462 e. The lowest BCUT2D eigenvalue weighted by atomic mass is 9.73. The molecule has 2 atom stereocenters. The Hall–Kier alpha value is -1.88. The van der Waals surface area contributed by atoms with Gasteiger partial charge in [-0.05, 0) is 30.7 Å². The van der Waals surface area contributed by atoms with Gasteiger partial charge in [0.25, 0.3) is 0 Å². The third-order valence-corrected chi connectivity index (χ3v) is 5.39. The van der Waals surface area contributed by atoms with Crippen LogP contribution in [-0.2, 0) is 14.3 Å². The van der Waals surface area contributed by atoms with Gasteiger partial charge in [-0.3, -0.25) is 4.79 Å². The van der Waals surface area contributed by atoms with E-state index < -0.39 is 0 Å². The van der Waals surface area contributed by atoms with Crippen LogP contribution in [0.1, 0.15) is 44.4 Å². The third kappa shape index (κ3) is 3.18. The summed E-state index contributed by atoms with van der Waals surface area (Å²) >= 11 is 1.59. The first-order valence-electron chi connectivity index (χ1n) is 8.40. The number of ketones is 1. The van der Waals surface area contributed by atoms with E-state index in [2.05, 4.69) is 11.4 Å². The smallest absolute Gasteiger partial charge is 0.336 e. The van der Waals surface area contributed by atoms with Crippen molar-refractivity contribution in [1.29, 1.82) is 0 Å². The molecule has 1 aliphatic carbocycles. The fraction of sp³-hybridized carbons (Fsp3) is 0.474. The number of fused-ring (bicyclic) bond motifs is 1. The number of hydrogen-bond acceptors (Lipinski definition) is 5. The van der Waals surface area contributed by atoms with Crippen molar-refractivity contribution in [2.24, 2.45) is 11.8 Å². The summed E-state index contributed by atoms with van der Waals surface area (Å²) < 4.78 is 5.49. The second-order valence-electron chi connectivity index (χ2n) is 6.79. The number of carbonyl (C=O) groups excluding carboxylic acids is 2. The number of ether oxygens (including phenoxy) is 1. The average Bonchev–Trinajstić information content (AvgIpc) is 3.05. The lowest BCUT2D eigenvalue weighted by Crippen LogP contribution is -2.40. The van der Waals surface area contributed by atoms with Crippen LogP contribution in [0.5, 0.6) is 0 Å². The number of rotatable bonds is 4. The summed E-state index contributed by atoms with van der Waals surface area (Å²) in [5.74, 6) is -0.393. The van der Waals surface area contributed by atoms with Gasteiger partial charge in [0.1, 0.15) is 5.78 Å². The molecule has 4 nitrogen and oxygen atoms in total. The van der Waals surface area contributed by atoms with Crippen molar-refractivity contribution in [2.75, 3.05) is 6.61 Å². The highest BCUT2D eigenvalue weighted by Crippen LogP contribution is 2.45. The molecule has 2 heterocycles. The van der Waals surface area contributed by atoms with Crippen molar-refractivity contribution in [3.05, 3.63) is 45.4 Å². The van der Waals surface area contributed by atoms with Crippen molar-refractivity contribution in [2.45, 2.75) is 39.5 Å². The molecule has 1 aromatic rings. The molecule has 0 fully saturated rings. The lowest BCUT2D eigenvalue weighted by Gasteiger charge is -2.37. The molecule has 5 heteroatoms. The highest BCUT2D eigenvalue weighted by molar-refractivity contribution is 7.10. The van der Waals surface area contributed by atoms with Crippen molar-refractivity contribution in [3.63, 3.8) is 0 Å². The highest BCUT2D eigenvalue weighted by atomic mass is 32.1. The first kappa shape index (κ1) is 17.0. The van der Waals surface area contributed by atoms with Crippen LogP contribution in [-0.4, -0.2) is 18.4 Å². The molecule has 0 saturated heterocycles. The zero-order chi connectivity index (χ0) is 17.3. The first-order valence-corrected chi connectivity index (χ1v) is 9.28. The van der Waals surface area contributed by atoms with Gasteiger partial charge >= 0.3 is 5.97 Å². The fourth-order valence-corrected chi connectivity index (χ4v) is 4.25. The Bertz CT molecular complexity index is 700. The minimum atomic E-state index is -0.315. The largest absolute Gasteiger partial charge is 0.462 e. The molecule has 24 heavy (non-hydrogen) atoms. The number of nitrogens with one attached hydrogen (secondary N) is 1. The number of thiophene rings is 1. The molecule has 0 radical (unpaired) electrons. The van der Waals surface area contributed by atoms with Crippen molar-refractivity contribution in [1.82, 2.24) is 5.32 Å². The summed E-state index contributed by atoms with van der Waals surface area (Å²) in [6, 6.07) is 3.97. The van der Waals surface area contributed by atoms with Crippen LogP contribution in [0, 0.1) is 11.8 Å². The predicted molar refractivity (Wildman–Crippen MR) is 94.5 cm³/mol. The van der Waals surface area contributed by atoms with Crippen molar-refractivity contribution >= 4 is 23.1 Å². The molecular weight excluding hydrogens is 322 g/mol. The van der Waals surface area contributed by atoms with E-state index in [9.17, 15) is 9.59 Å². The van der Waals surface area contributed by atoms with Crippen LogP contribution in [0.2, 0.25) is 0 Å². The van der Waals surface area contributed by atoms with Crippen LogP contribution in [0.4, 0.5) is 0 Å². The second-order valence-corrected chi connectivity index (χ2v) is 7.77. The van der Waals surface area contributed by atoms with Crippen LogP contribution < -0.4 is 5.32 Å². The molecule has 0 spiro atoms. The molecule has 128 valence electrons. The Labute approximate surface area is 146 Å². The first-order chi connectivity index (χ1) is 11.5. The van der Waals surface area contributed by atoms with Gasteiger partial charge < -0.3 is 10.1 Å². The Balaban J connectivity index is 2.03. The molecule has 0 amide bonds. The molecule has 2 unspecified atom stereocenters. The Morgan fingerprint density at radius 3 is 2.88 bits per heavy atom. The van der Waals surface area contributed by atoms with E-state index in [1.165, 1.54) is 0 Å². The summed E-state index contributed by atoms with van der Waals surface area (Å²) in [5, 5.41) is 5.27. The van der Waals surface area contributed by atoms with Crippen LogP contribution >= 0.6 is 11.3 Å². The summed E-state index contributed by atoms with van der Waals surface area (Å²) in [7, 11) is 0. The second kappa shape index (κ2) is 6.93. The monoisotopic (exact) mass is 345 g/mol. The molecule has 0 bridgehead atoms. The number of hydrogen-bond donors (Lipinski definition) is 1. The van der Waals surface area contributed by atoms with E-state index in [-0.39, 0.29) is 29.5 Å². The molecule has 0 aromatic carbocycles. The zero-order valence-corrected chi connectivity index (χ0v) is 15.1. The molecular formula is C19H23NO3S. The number of esters is 1. The van der Waals surface area contributed by atoms with Crippen molar-refractivity contribution in [3.8, 4) is 0 Å². The highest BCUT2D eigenvalue weighted by Gasteiger charge is 2.43. The summed E-state index contributed by atoms with van der Waals surface area (Å²) in [4.78, 5) is 26.4. The summed E-state index contributed by atoms with van der Waals surface area (Å²) in [5.41, 5.74) is 2.32. The van der Waals surface area contributed by atoms with Crippen LogP contribution in [0.15, 0.2) is 40.6 Å². The van der Waals surface area contributed by atoms with E-state index >= 15 is 0 Å². The molecule has 3 rings (SSSR count). The topological polar surface area (TPSA) is 55.4 Å². The maximum absolute atomic E-state index is 12.8. The lowest BCUT2D eigenvalue weighted by molar-refractivity contribution is -0.140. The average molecular weight is 345 g/mol. The maximum Gasteiger partial charge on any atom is 0.336 e. The minimum absolute atomic E-state index is 0.194. The predicted octanol–water partition coefficient (Wildman–Crippen LogP) is 3.77. The number of Topliss-reactive ketones (excluding diaryl/α,β-unsaturated/α-hetero) is 1. The molecule has 0 saturated carbocycles. The van der Waals surface area contributed by atoms with Crippen molar-refractivity contribution < 1.29 is 14.3 Å². The van der Waals surface area contributed by atoms with E-state index in [1.807, 2.05) is 38.3 Å². The normalized spacial score (nSPS) is 23.7. The number of allylic oxidation sites excluding steroid dienone is 3. The van der Waals surface area contributed by atoms with E-state index in [0.717, 1.165) is 22.7 Å². The zero-order valence-electron chi connectivity index (χ0n) is 14.3. The molecule has 2 aliphatic rings. The Kier molecular flexibility index (Phi) is 4.90. The SMILES string of the molecule is CC1=C(C(=O)OCC(C)C)C(c2cccs2)C2C(=O)CCC=C2N1. The molecule has 1 N–H and O–H groups in total. The van der Waals surface area contributed by atoms with Gasteiger partial charge in [-0.25, -0.2) is 4.79 Å². The standard InChI is InChI=1S/C19H23NO3S/c1-11(2)10-23-19(22)16-12(3)20-13-6-4-7-14(21)17(13)18(16)15-8-5-9-24-15/h5-6,8-9,11,17-18,20H,4,7,10H2,1-3H3. The molecule has 1 aliphatic heterocycles. The Morgan fingerprint density at radius 2 is 2.21 bits per heavy atom. The van der Waals surface area contributed by atoms with E-state index in [0.29, 0.717) is 18.6 Å². The number of carbonyl (C=O) groups is 2. The molecule has 1 aromatic heterocycles. The fourth-order valence-electron chi connectivity index (χ4n) is 3.38. The van der Waals surface area contributed by atoms with Gasteiger partial charge in [0.05, 0.1) is 18.1 Å². The van der Waals surface area contributed by atoms with Gasteiger partial charge in [-0.15, -0.1) is 11.3 Å². The van der Waals surface area contributed by atoms with Gasteiger partial charge in [-0.2, -0.15) is 0 Å². The quantitative estimate of drug-likeness (QED) is 0.844. The Morgan fingerprint density at radius 1 is 1.42 bits per heavy atom. The van der Waals surface area contributed by atoms with Gasteiger partial charge in [0.2, 0.25) is 0 Å². The van der Waals surface area contributed by atoms with Crippen LogP contribution in [0.25, 0.3) is 0 Å². The maximum atomic E-state index is 12.8. The van der Waals surface area contributed by atoms with Crippen LogP contribution in [0.3, 0.4) is 0 Å². The van der Waals surface area contributed by atoms with Gasteiger partial charge in [-0.1, -0.05) is 26.0 Å². The van der Waals surface area contributed by atoms with Gasteiger partial charge in [0.15, 0.2) is 0 Å². The summed E-state index contributed by atoms with van der Waals surface area (Å²) in [6.45, 7) is 6.29. The van der Waals surface area contributed by atoms with Gasteiger partial charge in [0, 0.05) is 28.6 Å².